The Morgan fingerprint density at radius 1 is 1.00 bits per heavy atom. The number of hydrogen-bond donors (Lipinski definition) is 1. The number of fused-ring (bicyclic) bond motifs is 3. The molecule has 6 rings (SSSR count). The van der Waals surface area contributed by atoms with Crippen LogP contribution in [0.5, 0.6) is 0 Å². The summed E-state index contributed by atoms with van der Waals surface area (Å²) in [5, 5.41) is 3.11. The van der Waals surface area contributed by atoms with Crippen LogP contribution < -0.4 is 15.1 Å². The summed E-state index contributed by atoms with van der Waals surface area (Å²) in [4.78, 5) is 28.7. The molecule has 3 aromatic rings. The number of carbonyl (C=O) groups is 1. The van der Waals surface area contributed by atoms with Crippen molar-refractivity contribution in [2.45, 2.75) is 38.8 Å². The molecule has 0 aliphatic carbocycles. The largest absolute Gasteiger partial charge is 0.369 e. The van der Waals surface area contributed by atoms with E-state index < -0.39 is 0 Å². The quantitative estimate of drug-likeness (QED) is 0.622. The molecule has 3 aliphatic heterocycles. The number of rotatable bonds is 4. The molecule has 1 amide bonds. The summed E-state index contributed by atoms with van der Waals surface area (Å²) in [5.74, 6) is 1.06. The molecule has 1 N–H and O–H groups in total. The van der Waals surface area contributed by atoms with Gasteiger partial charge in [-0.1, -0.05) is 12.1 Å². The van der Waals surface area contributed by atoms with Crippen molar-refractivity contribution in [1.82, 2.24) is 14.9 Å². The number of carbonyl (C=O) groups excluding carboxylic acids is 1. The Morgan fingerprint density at radius 2 is 1.83 bits per heavy atom. The molecule has 2 aromatic heterocycles. The van der Waals surface area contributed by atoms with Crippen LogP contribution in [0.1, 0.15) is 30.4 Å². The van der Waals surface area contributed by atoms with Crippen LogP contribution >= 0.6 is 0 Å². The fourth-order valence-electron chi connectivity index (χ4n) is 5.65. The lowest BCUT2D eigenvalue weighted by atomic mass is 9.99. The number of hydrogen-bond acceptors (Lipinski definition) is 6. The first kappa shape index (κ1) is 22.0. The van der Waals surface area contributed by atoms with Crippen molar-refractivity contribution in [2.24, 2.45) is 0 Å². The fourth-order valence-corrected chi connectivity index (χ4v) is 5.65. The van der Waals surface area contributed by atoms with E-state index in [-0.39, 0.29) is 11.9 Å². The summed E-state index contributed by atoms with van der Waals surface area (Å²) in [7, 11) is 0. The van der Waals surface area contributed by atoms with Crippen molar-refractivity contribution in [2.75, 3.05) is 47.8 Å². The van der Waals surface area contributed by atoms with Gasteiger partial charge in [0, 0.05) is 63.5 Å². The van der Waals surface area contributed by atoms with E-state index in [9.17, 15) is 4.79 Å². The maximum atomic E-state index is 12.6. The lowest BCUT2D eigenvalue weighted by Crippen LogP contribution is -2.51. The molecule has 0 bridgehead atoms. The molecule has 0 radical (unpaired) electrons. The third-order valence-corrected chi connectivity index (χ3v) is 7.60. The molecule has 2 saturated heterocycles. The summed E-state index contributed by atoms with van der Waals surface area (Å²) >= 11 is 0. The maximum Gasteiger partial charge on any atom is 0.247 e. The van der Waals surface area contributed by atoms with E-state index in [0.29, 0.717) is 0 Å². The average Bonchev–Trinajstić information content (AvgIpc) is 2.90. The Morgan fingerprint density at radius 3 is 2.63 bits per heavy atom. The summed E-state index contributed by atoms with van der Waals surface area (Å²) in [5.41, 5.74) is 6.96. The Kier molecular flexibility index (Phi) is 5.86. The van der Waals surface area contributed by atoms with Crippen LogP contribution in [0.3, 0.4) is 0 Å². The third kappa shape index (κ3) is 4.36. The van der Waals surface area contributed by atoms with Crippen molar-refractivity contribution in [1.29, 1.82) is 0 Å². The molecule has 0 spiro atoms. The number of nitrogens with zero attached hydrogens (tertiary/aromatic N) is 5. The monoisotopic (exact) mass is 468 g/mol. The normalized spacial score (nSPS) is 20.3. The van der Waals surface area contributed by atoms with E-state index in [1.165, 1.54) is 22.4 Å². The molecule has 180 valence electrons. The zero-order valence-electron chi connectivity index (χ0n) is 20.3. The van der Waals surface area contributed by atoms with E-state index >= 15 is 0 Å². The van der Waals surface area contributed by atoms with E-state index in [2.05, 4.69) is 68.3 Å². The molecule has 35 heavy (non-hydrogen) atoms. The Balaban J connectivity index is 1.08. The molecule has 1 atom stereocenters. The first-order valence-corrected chi connectivity index (χ1v) is 12.7. The number of amides is 1. The van der Waals surface area contributed by atoms with Crippen LogP contribution in [0, 0.1) is 6.92 Å². The molecule has 3 aliphatic rings. The maximum absolute atomic E-state index is 12.6. The highest BCUT2D eigenvalue weighted by Gasteiger charge is 2.35. The molecule has 7 nitrogen and oxygen atoms in total. The number of piperazine rings is 1. The number of aromatic nitrogens is 2. The summed E-state index contributed by atoms with van der Waals surface area (Å²) < 4.78 is 0. The summed E-state index contributed by atoms with van der Waals surface area (Å²) in [6.45, 7) is 7.88. The van der Waals surface area contributed by atoms with Crippen molar-refractivity contribution in [3.63, 3.8) is 0 Å². The second-order valence-electron chi connectivity index (χ2n) is 9.91. The molecular formula is C28H32N6O. The number of pyridine rings is 2. The third-order valence-electron chi connectivity index (χ3n) is 7.60. The van der Waals surface area contributed by atoms with E-state index in [4.69, 9.17) is 4.98 Å². The predicted octanol–water partition coefficient (Wildman–Crippen LogP) is 4.09. The molecule has 2 fully saturated rings. The minimum absolute atomic E-state index is 0.0505. The van der Waals surface area contributed by atoms with Gasteiger partial charge in [-0.3, -0.25) is 14.7 Å². The average molecular weight is 469 g/mol. The van der Waals surface area contributed by atoms with Crippen LogP contribution in [0.15, 0.2) is 55.0 Å². The van der Waals surface area contributed by atoms with Gasteiger partial charge in [0.1, 0.15) is 6.04 Å². The Labute approximate surface area is 206 Å². The highest BCUT2D eigenvalue weighted by molar-refractivity contribution is 6.02. The van der Waals surface area contributed by atoms with Gasteiger partial charge in [-0.05, 0) is 72.7 Å². The van der Waals surface area contributed by atoms with Gasteiger partial charge < -0.3 is 15.1 Å². The highest BCUT2D eigenvalue weighted by atomic mass is 16.2. The van der Waals surface area contributed by atoms with Gasteiger partial charge >= 0.3 is 0 Å². The van der Waals surface area contributed by atoms with Crippen LogP contribution in [0.4, 0.5) is 17.2 Å². The molecule has 5 heterocycles. The van der Waals surface area contributed by atoms with Crippen LogP contribution in [-0.2, 0) is 11.3 Å². The van der Waals surface area contributed by atoms with Crippen LogP contribution in [0.25, 0.3) is 11.1 Å². The topological polar surface area (TPSA) is 64.6 Å². The highest BCUT2D eigenvalue weighted by Crippen LogP contribution is 2.35. The standard InChI is InChI=1S/C28H32N6O/c1-20-17-29-10-9-24(20)22-5-7-23(8-6-22)33-14-12-32(13-15-33)19-21-16-25-27(30-18-21)34-11-3-2-4-26(34)28(35)31-25/h5-10,16-18,26H,2-4,11-15,19H2,1H3,(H,31,35). The predicted molar refractivity (Wildman–Crippen MR) is 140 cm³/mol. The smallest absolute Gasteiger partial charge is 0.247 e. The van der Waals surface area contributed by atoms with Gasteiger partial charge in [0.25, 0.3) is 0 Å². The van der Waals surface area contributed by atoms with Crippen LogP contribution in [0.2, 0.25) is 0 Å². The number of nitrogens with one attached hydrogen (secondary N) is 1. The first-order valence-electron chi connectivity index (χ1n) is 12.7. The first-order chi connectivity index (χ1) is 17.2. The van der Waals surface area contributed by atoms with Crippen molar-refractivity contribution < 1.29 is 4.79 Å². The zero-order chi connectivity index (χ0) is 23.8. The molecule has 1 aromatic carbocycles. The number of aryl methyl sites for hydroxylation is 1. The fraction of sp³-hybridized carbons (Fsp3) is 0.393. The molecule has 7 heteroatoms. The minimum Gasteiger partial charge on any atom is -0.369 e. The second kappa shape index (κ2) is 9.30. The van der Waals surface area contributed by atoms with Gasteiger partial charge in [0.05, 0.1) is 5.69 Å². The Bertz CT molecular complexity index is 1220. The number of anilines is 3. The van der Waals surface area contributed by atoms with E-state index in [0.717, 1.165) is 75.6 Å². The Hall–Kier alpha value is -3.45. The van der Waals surface area contributed by atoms with Gasteiger partial charge in [0.15, 0.2) is 5.82 Å². The lowest BCUT2D eigenvalue weighted by molar-refractivity contribution is -0.118. The van der Waals surface area contributed by atoms with E-state index in [1.807, 2.05) is 18.6 Å². The minimum atomic E-state index is -0.0505. The molecular weight excluding hydrogens is 436 g/mol. The van der Waals surface area contributed by atoms with Gasteiger partial charge in [-0.25, -0.2) is 4.98 Å². The van der Waals surface area contributed by atoms with Gasteiger partial charge in [0.2, 0.25) is 5.91 Å². The molecule has 0 saturated carbocycles. The summed E-state index contributed by atoms with van der Waals surface area (Å²) in [6, 6.07) is 13.0. The second-order valence-corrected chi connectivity index (χ2v) is 9.91. The number of piperidine rings is 1. The van der Waals surface area contributed by atoms with Crippen molar-refractivity contribution in [3.05, 3.63) is 66.1 Å². The van der Waals surface area contributed by atoms with Crippen molar-refractivity contribution in [3.8, 4) is 11.1 Å². The summed E-state index contributed by atoms with van der Waals surface area (Å²) in [6.07, 6.45) is 8.93. The van der Waals surface area contributed by atoms with Crippen molar-refractivity contribution >= 4 is 23.1 Å². The van der Waals surface area contributed by atoms with E-state index in [1.54, 1.807) is 0 Å². The number of benzene rings is 1. The zero-order valence-corrected chi connectivity index (χ0v) is 20.3. The van der Waals surface area contributed by atoms with Crippen LogP contribution in [-0.4, -0.2) is 59.5 Å². The van der Waals surface area contributed by atoms with Gasteiger partial charge in [-0.15, -0.1) is 0 Å². The molecule has 1 unspecified atom stereocenters. The van der Waals surface area contributed by atoms with Gasteiger partial charge in [-0.2, -0.15) is 0 Å². The SMILES string of the molecule is Cc1cnccc1-c1ccc(N2CCN(Cc3cnc4c(c3)NC(=O)C3CCCCN43)CC2)cc1. The lowest BCUT2D eigenvalue weighted by Gasteiger charge is -2.40.